The van der Waals surface area contributed by atoms with Gasteiger partial charge in [0.15, 0.2) is 0 Å². The normalized spacial score (nSPS) is 12.2. The molecule has 0 radical (unpaired) electrons. The van der Waals surface area contributed by atoms with Crippen molar-refractivity contribution < 1.29 is 9.90 Å². The fourth-order valence-corrected chi connectivity index (χ4v) is 3.73. The maximum Gasteiger partial charge on any atom is 0.328 e. The lowest BCUT2D eigenvalue weighted by Gasteiger charge is -2.17. The summed E-state index contributed by atoms with van der Waals surface area (Å²) in [7, 11) is 0. The molecule has 4 aromatic rings. The van der Waals surface area contributed by atoms with Gasteiger partial charge in [0.2, 0.25) is 0 Å². The van der Waals surface area contributed by atoms with Crippen LogP contribution in [0.4, 0.5) is 0 Å². The van der Waals surface area contributed by atoms with E-state index in [-0.39, 0.29) is 0 Å². The van der Waals surface area contributed by atoms with Crippen LogP contribution in [0.25, 0.3) is 28.3 Å². The van der Waals surface area contributed by atoms with Crippen molar-refractivity contribution in [3.8, 4) is 0 Å². The van der Waals surface area contributed by atoms with Gasteiger partial charge in [-0.2, -0.15) is 0 Å². The monoisotopic (exact) mass is 406 g/mol. The summed E-state index contributed by atoms with van der Waals surface area (Å²) in [4.78, 5) is 19.7. The zero-order valence-electron chi connectivity index (χ0n) is 17.2. The molecule has 4 rings (SSSR count). The highest BCUT2D eigenvalue weighted by atomic mass is 16.4. The van der Waals surface area contributed by atoms with Gasteiger partial charge in [-0.05, 0) is 58.0 Å². The van der Waals surface area contributed by atoms with E-state index in [0.717, 1.165) is 45.8 Å². The molecule has 3 aromatic carbocycles. The zero-order chi connectivity index (χ0) is 21.6. The Morgan fingerprint density at radius 1 is 0.839 bits per heavy atom. The number of aromatic nitrogens is 2. The molecule has 0 aliphatic carbocycles. The third-order valence-electron chi connectivity index (χ3n) is 5.15. The summed E-state index contributed by atoms with van der Waals surface area (Å²) >= 11 is 0. The molecule has 0 unspecified atom stereocenters. The molecule has 4 nitrogen and oxygen atoms in total. The van der Waals surface area contributed by atoms with Crippen LogP contribution in [-0.4, -0.2) is 21.0 Å². The quantitative estimate of drug-likeness (QED) is 0.311. The van der Waals surface area contributed by atoms with E-state index in [2.05, 4.69) is 41.2 Å². The van der Waals surface area contributed by atoms with Gasteiger partial charge in [0.1, 0.15) is 0 Å². The van der Waals surface area contributed by atoms with Crippen LogP contribution in [0.3, 0.4) is 0 Å². The van der Waals surface area contributed by atoms with E-state index in [1.807, 2.05) is 48.5 Å². The number of aliphatic carboxylic acids is 1. The summed E-state index contributed by atoms with van der Waals surface area (Å²) in [6, 6.07) is 24.5. The van der Waals surface area contributed by atoms with Crippen molar-refractivity contribution in [1.29, 1.82) is 0 Å². The zero-order valence-corrected chi connectivity index (χ0v) is 17.2. The molecule has 0 fully saturated rings. The first-order chi connectivity index (χ1) is 15.2. The average Bonchev–Trinajstić information content (AvgIpc) is 2.82. The Labute approximate surface area is 181 Å². The third kappa shape index (κ3) is 4.59. The molecule has 0 amide bonds. The number of allylic oxidation sites excluding steroid dienone is 1. The molecule has 1 N–H and O–H groups in total. The highest BCUT2D eigenvalue weighted by molar-refractivity contribution is 6.00. The predicted molar refractivity (Wildman–Crippen MR) is 125 cm³/mol. The molecule has 0 saturated carbocycles. The minimum atomic E-state index is -0.959. The second-order valence-corrected chi connectivity index (χ2v) is 7.13. The standard InChI is InChI=1S/C27H22N2O2/c1-2-23(20-6-4-3-5-7-20)27(21-11-8-19(9-12-21)10-15-26(30)31)22-13-14-24-25(18-22)29-17-16-28-24/h3-18H,2H2,1H3,(H,30,31). The maximum atomic E-state index is 10.8. The number of rotatable bonds is 6. The average molecular weight is 406 g/mol. The van der Waals surface area contributed by atoms with Crippen LogP contribution in [0.5, 0.6) is 0 Å². The van der Waals surface area contributed by atoms with Gasteiger partial charge >= 0.3 is 5.97 Å². The summed E-state index contributed by atoms with van der Waals surface area (Å²) in [5, 5.41) is 8.88. The molecule has 0 saturated heterocycles. The lowest BCUT2D eigenvalue weighted by molar-refractivity contribution is -0.131. The molecule has 0 bridgehead atoms. The number of nitrogens with zero attached hydrogens (tertiary/aromatic N) is 2. The van der Waals surface area contributed by atoms with Crippen LogP contribution >= 0.6 is 0 Å². The first-order valence-corrected chi connectivity index (χ1v) is 10.2. The maximum absolute atomic E-state index is 10.8. The van der Waals surface area contributed by atoms with E-state index in [9.17, 15) is 4.79 Å². The number of carboxylic acids is 1. The molecule has 31 heavy (non-hydrogen) atoms. The second kappa shape index (κ2) is 9.18. The van der Waals surface area contributed by atoms with Crippen molar-refractivity contribution in [3.05, 3.63) is 114 Å². The SMILES string of the molecule is CCC(=C(c1ccc(C=CC(=O)O)cc1)c1ccc2nccnc2c1)c1ccccc1. The molecule has 0 aliphatic rings. The Kier molecular flexibility index (Phi) is 5.99. The molecule has 1 heterocycles. The van der Waals surface area contributed by atoms with E-state index in [0.29, 0.717) is 0 Å². The highest BCUT2D eigenvalue weighted by Crippen LogP contribution is 2.35. The van der Waals surface area contributed by atoms with Crippen molar-refractivity contribution >= 4 is 34.2 Å². The van der Waals surface area contributed by atoms with Crippen molar-refractivity contribution in [1.82, 2.24) is 9.97 Å². The minimum absolute atomic E-state index is 0.840. The molecule has 152 valence electrons. The van der Waals surface area contributed by atoms with Gasteiger partial charge in [-0.3, -0.25) is 9.97 Å². The summed E-state index contributed by atoms with van der Waals surface area (Å²) in [5.41, 5.74) is 8.23. The molecule has 0 aliphatic heterocycles. The van der Waals surface area contributed by atoms with E-state index >= 15 is 0 Å². The van der Waals surface area contributed by atoms with Crippen molar-refractivity contribution in [2.24, 2.45) is 0 Å². The van der Waals surface area contributed by atoms with Gasteiger partial charge in [-0.25, -0.2) is 4.79 Å². The van der Waals surface area contributed by atoms with E-state index < -0.39 is 5.97 Å². The number of carbonyl (C=O) groups is 1. The van der Waals surface area contributed by atoms with E-state index in [1.54, 1.807) is 18.5 Å². The summed E-state index contributed by atoms with van der Waals surface area (Å²) < 4.78 is 0. The first kappa shape index (κ1) is 20.2. The van der Waals surface area contributed by atoms with Crippen molar-refractivity contribution in [2.45, 2.75) is 13.3 Å². The molecular weight excluding hydrogens is 384 g/mol. The molecule has 4 heteroatoms. The number of benzene rings is 3. The fraction of sp³-hybridized carbons (Fsp3) is 0.0741. The second-order valence-electron chi connectivity index (χ2n) is 7.13. The number of hydrogen-bond donors (Lipinski definition) is 1. The highest BCUT2D eigenvalue weighted by Gasteiger charge is 2.14. The van der Waals surface area contributed by atoms with Gasteiger partial charge in [-0.15, -0.1) is 0 Å². The van der Waals surface area contributed by atoms with Gasteiger partial charge < -0.3 is 5.11 Å². The minimum Gasteiger partial charge on any atom is -0.478 e. The Bertz CT molecular complexity index is 1270. The summed E-state index contributed by atoms with van der Waals surface area (Å²) in [6.07, 6.45) is 7.01. The lowest BCUT2D eigenvalue weighted by atomic mass is 9.87. The Hall–Kier alpha value is -4.05. The topological polar surface area (TPSA) is 63.1 Å². The third-order valence-corrected chi connectivity index (χ3v) is 5.15. The largest absolute Gasteiger partial charge is 0.478 e. The number of fused-ring (bicyclic) bond motifs is 1. The van der Waals surface area contributed by atoms with Crippen molar-refractivity contribution in [3.63, 3.8) is 0 Å². The summed E-state index contributed by atoms with van der Waals surface area (Å²) in [5.74, 6) is -0.959. The Balaban J connectivity index is 1.90. The summed E-state index contributed by atoms with van der Waals surface area (Å²) in [6.45, 7) is 2.16. The molecule has 0 spiro atoms. The molecule has 1 aromatic heterocycles. The first-order valence-electron chi connectivity index (χ1n) is 10.2. The molecule has 0 atom stereocenters. The van der Waals surface area contributed by atoms with Crippen LogP contribution in [0.1, 0.15) is 35.6 Å². The van der Waals surface area contributed by atoms with Crippen LogP contribution in [0.15, 0.2) is 91.3 Å². The lowest BCUT2D eigenvalue weighted by Crippen LogP contribution is -1.96. The van der Waals surface area contributed by atoms with Crippen LogP contribution in [-0.2, 0) is 4.79 Å². The number of carboxylic acid groups (broad SMARTS) is 1. The van der Waals surface area contributed by atoms with Crippen LogP contribution < -0.4 is 0 Å². The fourth-order valence-electron chi connectivity index (χ4n) is 3.73. The van der Waals surface area contributed by atoms with E-state index in [1.165, 1.54) is 11.1 Å². The Morgan fingerprint density at radius 3 is 2.19 bits per heavy atom. The van der Waals surface area contributed by atoms with Crippen LogP contribution in [0, 0.1) is 0 Å². The van der Waals surface area contributed by atoms with Gasteiger partial charge in [0, 0.05) is 18.5 Å². The molecular formula is C27H22N2O2. The van der Waals surface area contributed by atoms with Gasteiger partial charge in [0.25, 0.3) is 0 Å². The van der Waals surface area contributed by atoms with E-state index in [4.69, 9.17) is 5.11 Å². The van der Waals surface area contributed by atoms with Crippen molar-refractivity contribution in [2.75, 3.05) is 0 Å². The Morgan fingerprint density at radius 2 is 1.52 bits per heavy atom. The van der Waals surface area contributed by atoms with Crippen LogP contribution in [0.2, 0.25) is 0 Å². The van der Waals surface area contributed by atoms with Gasteiger partial charge in [-0.1, -0.05) is 67.6 Å². The number of hydrogen-bond acceptors (Lipinski definition) is 3. The smallest absolute Gasteiger partial charge is 0.328 e. The van der Waals surface area contributed by atoms with Gasteiger partial charge in [0.05, 0.1) is 11.0 Å². The predicted octanol–water partition coefficient (Wildman–Crippen LogP) is 6.10.